The molecule has 0 amide bonds. The number of halogens is 2. The van der Waals surface area contributed by atoms with E-state index in [2.05, 4.69) is 21.9 Å². The molecule has 0 atom stereocenters. The molecule has 0 spiro atoms. The highest BCUT2D eigenvalue weighted by molar-refractivity contribution is 7.18. The van der Waals surface area contributed by atoms with Crippen LogP contribution < -0.4 is 10.4 Å². The summed E-state index contributed by atoms with van der Waals surface area (Å²) in [7, 11) is 3.32. The number of aromatic nitrogens is 4. The van der Waals surface area contributed by atoms with Gasteiger partial charge in [0.05, 0.1) is 32.3 Å². The number of benzene rings is 1. The number of nitrogens with zero attached hydrogens (tertiary/aromatic N) is 5. The number of rotatable bonds is 7. The Morgan fingerprint density at radius 3 is 2.79 bits per heavy atom. The van der Waals surface area contributed by atoms with Crippen molar-refractivity contribution in [3.63, 3.8) is 0 Å². The van der Waals surface area contributed by atoms with Crippen LogP contribution in [0, 0.1) is 17.0 Å². The Balaban J connectivity index is 1.56. The van der Waals surface area contributed by atoms with Crippen molar-refractivity contribution in [2.24, 2.45) is 5.41 Å². The van der Waals surface area contributed by atoms with E-state index < -0.39 is 17.3 Å². The lowest BCUT2D eigenvalue weighted by atomic mass is 9.88. The molecule has 1 aliphatic heterocycles. The van der Waals surface area contributed by atoms with Gasteiger partial charge in [-0.1, -0.05) is 13.0 Å². The Labute approximate surface area is 192 Å². The molecule has 33 heavy (non-hydrogen) atoms. The summed E-state index contributed by atoms with van der Waals surface area (Å²) >= 11 is 1.44. The second-order valence-corrected chi connectivity index (χ2v) is 9.94. The van der Waals surface area contributed by atoms with Crippen LogP contribution in [-0.4, -0.2) is 58.0 Å². The molecule has 0 radical (unpaired) electrons. The standard InChI is InChI=1S/C22H23F2N5O3S/c1-22(10-32-11-22)9-27(2)8-14-6-15-19-25-12-26-29(19)21(30)28(20(15)33-14)7-13-4-5-16(31-3)18(24)17(13)23/h4-6,12H,7-11H2,1-3H3. The normalized spacial score (nSPS) is 15.5. The zero-order chi connectivity index (χ0) is 23.3. The molecule has 8 nitrogen and oxygen atoms in total. The first-order valence-electron chi connectivity index (χ1n) is 10.4. The largest absolute Gasteiger partial charge is 0.494 e. The Morgan fingerprint density at radius 2 is 2.09 bits per heavy atom. The predicted molar refractivity (Wildman–Crippen MR) is 120 cm³/mol. The van der Waals surface area contributed by atoms with Gasteiger partial charge in [-0.05, 0) is 19.2 Å². The van der Waals surface area contributed by atoms with Crippen molar-refractivity contribution in [2.75, 3.05) is 33.9 Å². The fraction of sp³-hybridized carbons (Fsp3) is 0.409. The van der Waals surface area contributed by atoms with E-state index >= 15 is 0 Å². The number of ether oxygens (including phenoxy) is 2. The van der Waals surface area contributed by atoms with E-state index in [0.29, 0.717) is 17.0 Å². The molecular weight excluding hydrogens is 452 g/mol. The third-order valence-corrected chi connectivity index (χ3v) is 7.01. The van der Waals surface area contributed by atoms with E-state index in [9.17, 15) is 13.6 Å². The minimum absolute atomic E-state index is 0.0427. The molecule has 1 aromatic carbocycles. The van der Waals surface area contributed by atoms with Crippen LogP contribution in [0.4, 0.5) is 8.78 Å². The van der Waals surface area contributed by atoms with Crippen LogP contribution in [0.15, 0.2) is 29.3 Å². The number of thiophene rings is 1. The maximum Gasteiger partial charge on any atom is 0.352 e. The fourth-order valence-corrected chi connectivity index (χ4v) is 5.54. The van der Waals surface area contributed by atoms with Gasteiger partial charge in [-0.25, -0.2) is 14.2 Å². The quantitative estimate of drug-likeness (QED) is 0.409. The first-order valence-corrected chi connectivity index (χ1v) is 11.2. The second-order valence-electron chi connectivity index (χ2n) is 8.83. The molecule has 1 saturated heterocycles. The van der Waals surface area contributed by atoms with Crippen molar-refractivity contribution in [1.29, 1.82) is 0 Å². The van der Waals surface area contributed by atoms with Crippen LogP contribution in [0.1, 0.15) is 17.4 Å². The number of hydrogen-bond donors (Lipinski definition) is 0. The Hall–Kier alpha value is -2.89. The molecule has 0 saturated carbocycles. The van der Waals surface area contributed by atoms with Gasteiger partial charge in [0.1, 0.15) is 11.2 Å². The van der Waals surface area contributed by atoms with Crippen molar-refractivity contribution < 1.29 is 18.3 Å². The van der Waals surface area contributed by atoms with Crippen LogP contribution in [-0.2, 0) is 17.8 Å². The summed E-state index contributed by atoms with van der Waals surface area (Å²) in [5.41, 5.74) is 0.161. The highest BCUT2D eigenvalue weighted by Crippen LogP contribution is 2.31. The van der Waals surface area contributed by atoms with Crippen molar-refractivity contribution >= 4 is 27.2 Å². The zero-order valence-corrected chi connectivity index (χ0v) is 19.3. The molecule has 1 aliphatic rings. The molecule has 3 aromatic heterocycles. The summed E-state index contributed by atoms with van der Waals surface area (Å²) in [6, 6.07) is 4.76. The van der Waals surface area contributed by atoms with Crippen molar-refractivity contribution in [2.45, 2.75) is 20.0 Å². The molecule has 0 N–H and O–H groups in total. The Bertz CT molecular complexity index is 1410. The summed E-state index contributed by atoms with van der Waals surface area (Å²) in [5, 5.41) is 4.78. The van der Waals surface area contributed by atoms with Crippen molar-refractivity contribution in [1.82, 2.24) is 24.1 Å². The molecule has 0 aliphatic carbocycles. The lowest BCUT2D eigenvalue weighted by Gasteiger charge is -2.40. The van der Waals surface area contributed by atoms with Gasteiger partial charge in [-0.3, -0.25) is 4.57 Å². The van der Waals surface area contributed by atoms with E-state index in [0.717, 1.165) is 30.0 Å². The number of hydrogen-bond acceptors (Lipinski definition) is 7. The summed E-state index contributed by atoms with van der Waals surface area (Å²) in [6.07, 6.45) is 1.31. The van der Waals surface area contributed by atoms with E-state index in [4.69, 9.17) is 9.47 Å². The van der Waals surface area contributed by atoms with E-state index in [-0.39, 0.29) is 23.3 Å². The van der Waals surface area contributed by atoms with Crippen LogP contribution >= 0.6 is 11.3 Å². The van der Waals surface area contributed by atoms with Gasteiger partial charge < -0.3 is 14.4 Å². The Morgan fingerprint density at radius 1 is 1.30 bits per heavy atom. The molecular formula is C22H23F2N5O3S. The van der Waals surface area contributed by atoms with Crippen molar-refractivity contribution in [3.8, 4) is 5.75 Å². The SMILES string of the molecule is COc1ccc(Cn2c(=O)n3ncnc3c3cc(CN(C)CC4(C)COC4)sc32)c(F)c1F. The fourth-order valence-electron chi connectivity index (χ4n) is 4.31. The maximum atomic E-state index is 14.7. The predicted octanol–water partition coefficient (Wildman–Crippen LogP) is 2.91. The first kappa shape index (κ1) is 21.9. The lowest BCUT2D eigenvalue weighted by Crippen LogP contribution is -2.47. The molecule has 11 heteroatoms. The van der Waals surface area contributed by atoms with Gasteiger partial charge in [-0.2, -0.15) is 14.0 Å². The monoisotopic (exact) mass is 475 g/mol. The smallest absolute Gasteiger partial charge is 0.352 e. The van der Waals surface area contributed by atoms with Gasteiger partial charge >= 0.3 is 5.69 Å². The molecule has 1 fully saturated rings. The van der Waals surface area contributed by atoms with Crippen molar-refractivity contribution in [3.05, 3.63) is 57.1 Å². The minimum Gasteiger partial charge on any atom is -0.494 e. The highest BCUT2D eigenvalue weighted by Gasteiger charge is 2.34. The third kappa shape index (κ3) is 3.79. The van der Waals surface area contributed by atoms with Gasteiger partial charge in [0.25, 0.3) is 0 Å². The maximum absolute atomic E-state index is 14.7. The second kappa shape index (κ2) is 8.15. The van der Waals surface area contributed by atoms with Crippen LogP contribution in [0.2, 0.25) is 0 Å². The van der Waals surface area contributed by atoms with Gasteiger partial charge in [-0.15, -0.1) is 11.3 Å². The van der Waals surface area contributed by atoms with Crippen LogP contribution in [0.5, 0.6) is 5.75 Å². The van der Waals surface area contributed by atoms with E-state index in [1.54, 1.807) is 0 Å². The van der Waals surface area contributed by atoms with E-state index in [1.807, 2.05) is 13.1 Å². The minimum atomic E-state index is -1.08. The topological polar surface area (TPSA) is 73.9 Å². The zero-order valence-electron chi connectivity index (χ0n) is 18.5. The van der Waals surface area contributed by atoms with Gasteiger partial charge in [0, 0.05) is 28.9 Å². The molecule has 4 aromatic rings. The van der Waals surface area contributed by atoms with Gasteiger partial charge in [0.15, 0.2) is 17.2 Å². The summed E-state index contributed by atoms with van der Waals surface area (Å²) < 4.78 is 41.7. The van der Waals surface area contributed by atoms with Gasteiger partial charge in [0.2, 0.25) is 5.82 Å². The molecule has 5 rings (SSSR count). The molecule has 0 unspecified atom stereocenters. The summed E-state index contributed by atoms with van der Waals surface area (Å²) in [5.74, 6) is -2.31. The molecule has 174 valence electrons. The Kier molecular flexibility index (Phi) is 5.42. The highest BCUT2D eigenvalue weighted by atomic mass is 32.1. The average molecular weight is 476 g/mol. The third-order valence-electron chi connectivity index (χ3n) is 5.86. The summed E-state index contributed by atoms with van der Waals surface area (Å²) in [4.78, 5) is 21.3. The molecule has 0 bridgehead atoms. The average Bonchev–Trinajstić information content (AvgIpc) is 3.40. The van der Waals surface area contributed by atoms with E-state index in [1.165, 1.54) is 46.0 Å². The van der Waals surface area contributed by atoms with Crippen LogP contribution in [0.3, 0.4) is 0 Å². The lowest BCUT2D eigenvalue weighted by molar-refractivity contribution is -0.113. The van der Waals surface area contributed by atoms with Crippen LogP contribution in [0.25, 0.3) is 15.9 Å². The number of methoxy groups -OCH3 is 1. The molecule has 4 heterocycles. The first-order chi connectivity index (χ1) is 15.8. The number of fused-ring (bicyclic) bond motifs is 3. The summed E-state index contributed by atoms with van der Waals surface area (Å²) in [6.45, 7) is 5.09.